The van der Waals surface area contributed by atoms with Crippen molar-refractivity contribution in [2.45, 2.75) is 19.3 Å². The van der Waals surface area contributed by atoms with Crippen LogP contribution in [0, 0.1) is 5.92 Å². The van der Waals surface area contributed by atoms with E-state index in [9.17, 15) is 0 Å². The molecule has 1 heterocycles. The molecule has 0 bridgehead atoms. The molecule has 1 aromatic heterocycles. The Morgan fingerprint density at radius 1 is 1.39 bits per heavy atom. The Kier molecular flexibility index (Phi) is 2.78. The molecule has 0 atom stereocenters. The van der Waals surface area contributed by atoms with Gasteiger partial charge in [-0.15, -0.1) is 0 Å². The summed E-state index contributed by atoms with van der Waals surface area (Å²) in [7, 11) is 1.88. The van der Waals surface area contributed by atoms with Gasteiger partial charge in [-0.1, -0.05) is 29.8 Å². The van der Waals surface area contributed by atoms with Crippen molar-refractivity contribution >= 4 is 17.4 Å². The number of aryl methyl sites for hydroxylation is 1. The minimum Gasteiger partial charge on any atom is -0.383 e. The molecule has 0 spiro atoms. The van der Waals surface area contributed by atoms with E-state index in [1.807, 2.05) is 31.3 Å². The van der Waals surface area contributed by atoms with Gasteiger partial charge in [-0.3, -0.25) is 4.68 Å². The second kappa shape index (κ2) is 4.32. The summed E-state index contributed by atoms with van der Waals surface area (Å²) in [6.45, 7) is 0. The summed E-state index contributed by atoms with van der Waals surface area (Å²) >= 11 is 6.27. The molecule has 0 radical (unpaired) electrons. The summed E-state index contributed by atoms with van der Waals surface area (Å²) in [4.78, 5) is 0. The van der Waals surface area contributed by atoms with E-state index in [-0.39, 0.29) is 0 Å². The van der Waals surface area contributed by atoms with E-state index in [1.165, 1.54) is 12.8 Å². The number of hydrogen-bond donors (Lipinski definition) is 1. The van der Waals surface area contributed by atoms with Crippen LogP contribution in [0.3, 0.4) is 0 Å². The number of nitrogens with two attached hydrogens (primary N) is 1. The van der Waals surface area contributed by atoms with Gasteiger partial charge in [0.2, 0.25) is 0 Å². The maximum absolute atomic E-state index is 6.27. The second-order valence-electron chi connectivity index (χ2n) is 4.96. The van der Waals surface area contributed by atoms with Crippen LogP contribution in [0.2, 0.25) is 5.02 Å². The van der Waals surface area contributed by atoms with Crippen LogP contribution in [0.25, 0.3) is 11.1 Å². The molecule has 0 unspecified atom stereocenters. The fraction of sp³-hybridized carbons (Fsp3) is 0.357. The number of rotatable bonds is 3. The van der Waals surface area contributed by atoms with Gasteiger partial charge in [-0.2, -0.15) is 5.10 Å². The van der Waals surface area contributed by atoms with E-state index in [4.69, 9.17) is 17.3 Å². The molecule has 1 aromatic carbocycles. The van der Waals surface area contributed by atoms with Gasteiger partial charge in [0.15, 0.2) is 0 Å². The Bertz CT molecular complexity index is 585. The SMILES string of the molecule is Cn1nc(CC2CC2)c(-c2ccccc2Cl)c1N. The lowest BCUT2D eigenvalue weighted by Gasteiger charge is -2.05. The molecule has 0 amide bonds. The summed E-state index contributed by atoms with van der Waals surface area (Å²) < 4.78 is 1.75. The van der Waals surface area contributed by atoms with Crippen LogP contribution in [-0.4, -0.2) is 9.78 Å². The van der Waals surface area contributed by atoms with Crippen molar-refractivity contribution in [2.75, 3.05) is 5.73 Å². The second-order valence-corrected chi connectivity index (χ2v) is 5.37. The van der Waals surface area contributed by atoms with Gasteiger partial charge in [-0.05, 0) is 31.2 Å². The first kappa shape index (κ1) is 11.6. The van der Waals surface area contributed by atoms with Gasteiger partial charge in [0, 0.05) is 23.2 Å². The van der Waals surface area contributed by atoms with Crippen LogP contribution in [0.5, 0.6) is 0 Å². The van der Waals surface area contributed by atoms with Gasteiger partial charge in [-0.25, -0.2) is 0 Å². The number of nitrogens with zero attached hydrogens (tertiary/aromatic N) is 2. The molecule has 1 aliphatic carbocycles. The average molecular weight is 262 g/mol. The molecular weight excluding hydrogens is 246 g/mol. The molecule has 4 heteroatoms. The first-order valence-corrected chi connectivity index (χ1v) is 6.61. The predicted octanol–water partition coefficient (Wildman–Crippen LogP) is 3.28. The number of halogens is 1. The standard InChI is InChI=1S/C14H16ClN3/c1-18-14(16)13(10-4-2-3-5-11(10)15)12(17-18)8-9-6-7-9/h2-5,9H,6-8,16H2,1H3. The van der Waals surface area contributed by atoms with E-state index in [1.54, 1.807) is 4.68 Å². The fourth-order valence-corrected chi connectivity index (χ4v) is 2.52. The van der Waals surface area contributed by atoms with Crippen molar-refractivity contribution < 1.29 is 0 Å². The smallest absolute Gasteiger partial charge is 0.129 e. The highest BCUT2D eigenvalue weighted by atomic mass is 35.5. The van der Waals surface area contributed by atoms with Crippen molar-refractivity contribution in [1.82, 2.24) is 9.78 Å². The van der Waals surface area contributed by atoms with E-state index < -0.39 is 0 Å². The van der Waals surface area contributed by atoms with Gasteiger partial charge >= 0.3 is 0 Å². The Morgan fingerprint density at radius 2 is 2.11 bits per heavy atom. The van der Waals surface area contributed by atoms with Crippen molar-refractivity contribution in [3.05, 3.63) is 35.0 Å². The minimum absolute atomic E-state index is 0.693. The van der Waals surface area contributed by atoms with Crippen LogP contribution >= 0.6 is 11.6 Å². The van der Waals surface area contributed by atoms with Crippen LogP contribution in [0.4, 0.5) is 5.82 Å². The molecule has 2 N–H and O–H groups in total. The zero-order chi connectivity index (χ0) is 12.7. The molecule has 94 valence electrons. The Hall–Kier alpha value is -1.48. The highest BCUT2D eigenvalue weighted by Crippen LogP contribution is 2.39. The van der Waals surface area contributed by atoms with Crippen LogP contribution in [-0.2, 0) is 13.5 Å². The maximum Gasteiger partial charge on any atom is 0.129 e. The summed E-state index contributed by atoms with van der Waals surface area (Å²) in [6.07, 6.45) is 3.61. The normalized spacial score (nSPS) is 15.0. The van der Waals surface area contributed by atoms with Crippen molar-refractivity contribution in [1.29, 1.82) is 0 Å². The topological polar surface area (TPSA) is 43.8 Å². The molecule has 18 heavy (non-hydrogen) atoms. The monoisotopic (exact) mass is 261 g/mol. The van der Waals surface area contributed by atoms with Crippen LogP contribution < -0.4 is 5.73 Å². The zero-order valence-corrected chi connectivity index (χ0v) is 11.1. The zero-order valence-electron chi connectivity index (χ0n) is 10.4. The van der Waals surface area contributed by atoms with E-state index >= 15 is 0 Å². The highest BCUT2D eigenvalue weighted by Gasteiger charge is 2.26. The predicted molar refractivity (Wildman–Crippen MR) is 74.5 cm³/mol. The van der Waals surface area contributed by atoms with Gasteiger partial charge < -0.3 is 5.73 Å². The van der Waals surface area contributed by atoms with E-state index in [0.717, 1.165) is 34.2 Å². The molecule has 3 rings (SSSR count). The van der Waals surface area contributed by atoms with Crippen molar-refractivity contribution in [3.8, 4) is 11.1 Å². The number of aromatic nitrogens is 2. The maximum atomic E-state index is 6.27. The quantitative estimate of drug-likeness (QED) is 0.922. The third-order valence-electron chi connectivity index (χ3n) is 3.49. The largest absolute Gasteiger partial charge is 0.383 e. The first-order valence-electron chi connectivity index (χ1n) is 6.23. The number of anilines is 1. The summed E-state index contributed by atoms with van der Waals surface area (Å²) in [5, 5.41) is 5.27. The van der Waals surface area contributed by atoms with Gasteiger partial charge in [0.25, 0.3) is 0 Å². The molecule has 1 saturated carbocycles. The third kappa shape index (κ3) is 1.99. The lowest BCUT2D eigenvalue weighted by Crippen LogP contribution is -1.98. The molecular formula is C14H16ClN3. The molecule has 1 fully saturated rings. The lowest BCUT2D eigenvalue weighted by atomic mass is 10.0. The fourth-order valence-electron chi connectivity index (χ4n) is 2.29. The summed E-state index contributed by atoms with van der Waals surface area (Å²) in [6, 6.07) is 7.81. The van der Waals surface area contributed by atoms with E-state index in [2.05, 4.69) is 5.10 Å². The van der Waals surface area contributed by atoms with Crippen molar-refractivity contribution in [2.24, 2.45) is 13.0 Å². The van der Waals surface area contributed by atoms with Crippen LogP contribution in [0.1, 0.15) is 18.5 Å². The Labute approximate surface area is 112 Å². The third-order valence-corrected chi connectivity index (χ3v) is 3.82. The minimum atomic E-state index is 0.693. The Balaban J connectivity index is 2.11. The van der Waals surface area contributed by atoms with Crippen molar-refractivity contribution in [3.63, 3.8) is 0 Å². The first-order chi connectivity index (χ1) is 8.66. The van der Waals surface area contributed by atoms with Crippen LogP contribution in [0.15, 0.2) is 24.3 Å². The molecule has 2 aromatic rings. The average Bonchev–Trinajstić information content (AvgIpc) is 3.10. The molecule has 0 saturated heterocycles. The molecule has 0 aliphatic heterocycles. The van der Waals surface area contributed by atoms with E-state index in [0.29, 0.717) is 5.82 Å². The number of benzene rings is 1. The van der Waals surface area contributed by atoms with Gasteiger partial charge in [0.05, 0.1) is 5.69 Å². The molecule has 1 aliphatic rings. The highest BCUT2D eigenvalue weighted by molar-refractivity contribution is 6.33. The number of nitrogen functional groups attached to an aromatic ring is 1. The lowest BCUT2D eigenvalue weighted by molar-refractivity contribution is 0.722. The summed E-state index contributed by atoms with van der Waals surface area (Å²) in [5.41, 5.74) is 9.21. The van der Waals surface area contributed by atoms with Gasteiger partial charge in [0.1, 0.15) is 5.82 Å². The summed E-state index contributed by atoms with van der Waals surface area (Å²) in [5.74, 6) is 1.47. The molecule has 3 nitrogen and oxygen atoms in total. The Morgan fingerprint density at radius 3 is 2.78 bits per heavy atom. The number of hydrogen-bond acceptors (Lipinski definition) is 2.